The molecule has 0 fully saturated rings. The molecular weight excluding hydrogens is 1590 g/mol. The van der Waals surface area contributed by atoms with Crippen LogP contribution in [0.2, 0.25) is 39.3 Å². The molecule has 2 spiro atoms. The van der Waals surface area contributed by atoms with Crippen LogP contribution in [0.4, 0.5) is 0 Å². The van der Waals surface area contributed by atoms with Gasteiger partial charge in [-0.05, 0) is 152 Å². The van der Waals surface area contributed by atoms with Crippen LogP contribution in [0.25, 0.3) is 11.1 Å². The summed E-state index contributed by atoms with van der Waals surface area (Å²) < 4.78 is 35.9. The molecule has 0 aliphatic carbocycles. The maximum Gasteiger partial charge on any atom is 0.222 e. The Morgan fingerprint density at radius 3 is 1.34 bits per heavy atom. The van der Waals surface area contributed by atoms with Crippen molar-refractivity contribution in [3.63, 3.8) is 0 Å². The first-order valence-corrected chi connectivity index (χ1v) is 43.0. The minimum atomic E-state index is -1.31. The van der Waals surface area contributed by atoms with E-state index in [1.807, 2.05) is 219 Å². The van der Waals surface area contributed by atoms with Gasteiger partial charge in [-0.25, -0.2) is 35.3 Å². The van der Waals surface area contributed by atoms with Gasteiger partial charge in [0.25, 0.3) is 0 Å². The highest BCUT2D eigenvalue weighted by molar-refractivity contribution is 9.11. The molecule has 546 valence electrons. The van der Waals surface area contributed by atoms with E-state index in [4.69, 9.17) is 55.6 Å². The number of halogens is 4. The van der Waals surface area contributed by atoms with Gasteiger partial charge < -0.3 is 35.6 Å². The lowest BCUT2D eigenvalue weighted by molar-refractivity contribution is -0.191. The van der Waals surface area contributed by atoms with Crippen LogP contribution in [0.1, 0.15) is 105 Å². The number of aliphatic imine (C=N–C) groups is 3. The monoisotopic (exact) mass is 1670 g/mol. The standard InChI is InChI=1S/C24H20N4O2.C17H16BrN3O2.C16H11BrN2O.C15H11BrO2.C7H18N2Si2.CH5NO.ClH/c1-28-23(26)27-24(30-28)14-22(17-7-3-2-4-8-17)29-21-11-10-19(13-20(21)24)18-9-5-6-16(12-18)15-25;1-21-16(19)20-17(23-21)10-15(11-5-3-2-4-6-11)22-14-8-7-12(18)9-13(14)17;17-12-6-7-15-13(8-12)14(19-10-18)9-16(20-15)11-4-2-1-3-5-11;16-11-6-7-14-12(8-11)13(17)9-15(18-14)10-4-2-1-3-5-10;1-10(2,3)8-7-9-11(4,5)6;1-2-3;/h2-13,22H,14H2,1H3,(H2,26,27);2-9,15H,10H2,1H3,(H2,19,20);1-8,16H,9H2;1-8,15H,9H2;1-6H3;2-3H,1H3;1H. The SMILES string of the molecule is CN1OC2(CC(c3ccccc3)Oc3ccc(-c4cccc(C#N)c4)cc32)N=C1N.CN1OC2(CC(c3ccccc3)Oc3ccc(Br)cc32)N=C1N.CNO.C[Si](C)(C)N=C=N[Si](C)(C)C.Cl.N#CN=C1CC(c2ccccc2)Oc2ccc(Br)cc21.O=C1CC(c2ccccc2)Oc2ccc(Br)cc21. The van der Waals surface area contributed by atoms with Crippen molar-refractivity contribution in [3.8, 4) is 46.4 Å². The van der Waals surface area contributed by atoms with Gasteiger partial charge in [-0.1, -0.05) is 187 Å². The summed E-state index contributed by atoms with van der Waals surface area (Å²) in [5.41, 5.74) is 22.8. The summed E-state index contributed by atoms with van der Waals surface area (Å²) in [6.07, 6.45) is 3.31. The van der Waals surface area contributed by atoms with Crippen molar-refractivity contribution >= 4 is 106 Å². The van der Waals surface area contributed by atoms with Crippen LogP contribution in [-0.2, 0) is 21.1 Å². The van der Waals surface area contributed by atoms with Gasteiger partial charge in [0.2, 0.25) is 29.6 Å². The quantitative estimate of drug-likeness (QED) is 0.0500. The Balaban J connectivity index is 0.000000156. The highest BCUT2D eigenvalue weighted by Crippen LogP contribution is 2.52. The van der Waals surface area contributed by atoms with E-state index in [0.29, 0.717) is 60.2 Å². The lowest BCUT2D eigenvalue weighted by Crippen LogP contribution is -2.36. The lowest BCUT2D eigenvalue weighted by Gasteiger charge is -2.37. The third kappa shape index (κ3) is 20.7. The molecule has 20 nitrogen and oxygen atoms in total. The number of fused-ring (bicyclic) bond motifs is 6. The van der Waals surface area contributed by atoms with Crippen molar-refractivity contribution in [3.05, 3.63) is 282 Å². The molecule has 0 amide bonds. The number of hydrogen-bond acceptors (Lipinski definition) is 20. The third-order valence-electron chi connectivity index (χ3n) is 16.8. The Hall–Kier alpha value is -9.58. The van der Waals surface area contributed by atoms with E-state index in [1.165, 1.54) is 17.2 Å². The van der Waals surface area contributed by atoms with Crippen molar-refractivity contribution < 1.29 is 38.6 Å². The van der Waals surface area contributed by atoms with Gasteiger partial charge in [0, 0.05) is 59.4 Å². The van der Waals surface area contributed by atoms with Crippen molar-refractivity contribution in [1.29, 1.82) is 10.5 Å². The molecule has 15 rings (SSSR count). The number of ketones is 1. The summed E-state index contributed by atoms with van der Waals surface area (Å²) in [5, 5.41) is 28.4. The van der Waals surface area contributed by atoms with E-state index in [9.17, 15) is 10.1 Å². The van der Waals surface area contributed by atoms with Gasteiger partial charge >= 0.3 is 0 Å². The molecule has 9 aromatic rings. The second-order valence-corrected chi connectivity index (χ2v) is 38.7. The minimum absolute atomic E-state index is 0. The molecule has 6 unspecified atom stereocenters. The second kappa shape index (κ2) is 36.1. The highest BCUT2D eigenvalue weighted by atomic mass is 79.9. The van der Waals surface area contributed by atoms with E-state index in [0.717, 1.165) is 80.7 Å². The Morgan fingerprint density at radius 2 is 0.906 bits per heavy atom. The van der Waals surface area contributed by atoms with E-state index in [-0.39, 0.29) is 42.6 Å². The lowest BCUT2D eigenvalue weighted by atomic mass is 9.88. The first kappa shape index (κ1) is 80.5. The number of benzene rings is 9. The molecule has 9 aromatic carbocycles. The van der Waals surface area contributed by atoms with Crippen molar-refractivity contribution in [2.24, 2.45) is 35.8 Å². The molecule has 0 radical (unpaired) electrons. The average molecular weight is 1670 g/mol. The van der Waals surface area contributed by atoms with Crippen LogP contribution < -0.4 is 35.9 Å². The molecule has 6 aliphatic heterocycles. The molecule has 0 bridgehead atoms. The van der Waals surface area contributed by atoms with Crippen LogP contribution in [0.5, 0.6) is 23.0 Å². The molecule has 6 heterocycles. The highest BCUT2D eigenvalue weighted by Gasteiger charge is 2.50. The van der Waals surface area contributed by atoms with Crippen molar-refractivity contribution in [2.45, 2.75) is 101 Å². The van der Waals surface area contributed by atoms with Crippen LogP contribution in [0, 0.1) is 22.8 Å². The molecule has 0 saturated heterocycles. The first-order valence-electron chi connectivity index (χ1n) is 33.7. The number of nitrogens with one attached hydrogen (secondary N) is 1. The average Bonchev–Trinajstić information content (AvgIpc) is 1.39. The topological polar surface area (TPSA) is 273 Å². The number of hydroxylamine groups is 5. The zero-order valence-corrected chi connectivity index (χ0v) is 67.5. The number of ether oxygens (including phenoxy) is 4. The number of nitriles is 2. The number of hydrogen-bond donors (Lipinski definition) is 4. The molecular formula is C80H82Br3ClN12O8Si2. The number of nitrogens with two attached hydrogens (primary N) is 2. The van der Waals surface area contributed by atoms with Crippen LogP contribution in [0.15, 0.2) is 256 Å². The normalized spacial score (nSPS) is 20.0. The van der Waals surface area contributed by atoms with E-state index in [2.05, 4.69) is 118 Å². The predicted molar refractivity (Wildman–Crippen MR) is 432 cm³/mol. The summed E-state index contributed by atoms with van der Waals surface area (Å²) in [7, 11) is 2.31. The molecule has 6 atom stereocenters. The van der Waals surface area contributed by atoms with Crippen molar-refractivity contribution in [2.75, 3.05) is 21.1 Å². The van der Waals surface area contributed by atoms with Crippen LogP contribution in [0.3, 0.4) is 0 Å². The molecule has 106 heavy (non-hydrogen) atoms. The van der Waals surface area contributed by atoms with Gasteiger partial charge in [0.15, 0.2) is 22.3 Å². The molecule has 0 aromatic heterocycles. The first-order chi connectivity index (χ1) is 50.3. The number of rotatable bonds is 7. The van der Waals surface area contributed by atoms with Crippen LogP contribution in [-0.4, -0.2) is 82.4 Å². The van der Waals surface area contributed by atoms with Gasteiger partial charge in [0.1, 0.15) is 47.4 Å². The summed E-state index contributed by atoms with van der Waals surface area (Å²) >= 11 is 10.3. The predicted octanol–water partition coefficient (Wildman–Crippen LogP) is 18.7. The van der Waals surface area contributed by atoms with E-state index < -0.39 is 27.9 Å². The number of nitrogens with zero attached hydrogens (tertiary/aromatic N) is 9. The smallest absolute Gasteiger partial charge is 0.222 e. The Bertz CT molecular complexity index is 4790. The zero-order chi connectivity index (χ0) is 75.1. The number of guanidine groups is 2. The number of Topliss-reactive ketones (excluding diaryl/α,β-unsaturated/α-hetero) is 1. The third-order valence-corrected chi connectivity index (χ3v) is 19.8. The largest absolute Gasteiger partial charge is 0.485 e. The van der Waals surface area contributed by atoms with E-state index in [1.54, 1.807) is 25.6 Å². The molecule has 6 N–H and O–H groups in total. The van der Waals surface area contributed by atoms with Crippen LogP contribution >= 0.6 is 60.2 Å². The number of carbonyl (C=O) groups is 1. The Kier molecular flexibility index (Phi) is 27.5. The fraction of sp³-hybridized carbons (Fsp3) is 0.237. The van der Waals surface area contributed by atoms with Gasteiger partial charge in [0.05, 0.1) is 46.5 Å². The summed E-state index contributed by atoms with van der Waals surface area (Å²) in [6, 6.07) is 75.6. The van der Waals surface area contributed by atoms with Gasteiger partial charge in [-0.3, -0.25) is 14.1 Å². The molecule has 6 aliphatic rings. The van der Waals surface area contributed by atoms with E-state index >= 15 is 0 Å². The maximum atomic E-state index is 12.1. The molecule has 0 saturated carbocycles. The Morgan fingerprint density at radius 1 is 0.519 bits per heavy atom. The molecule has 26 heteroatoms. The Labute approximate surface area is 652 Å². The summed E-state index contributed by atoms with van der Waals surface area (Å²) in [5.74, 6) is 3.73. The van der Waals surface area contributed by atoms with Gasteiger partial charge in [-0.2, -0.15) is 15.5 Å². The summed E-state index contributed by atoms with van der Waals surface area (Å²) in [6.45, 7) is 13.1. The maximum absolute atomic E-state index is 12.1. The fourth-order valence-corrected chi connectivity index (χ4v) is 13.8. The fourth-order valence-electron chi connectivity index (χ4n) is 11.9. The van der Waals surface area contributed by atoms with Gasteiger partial charge in [-0.15, -0.1) is 12.4 Å². The second-order valence-electron chi connectivity index (χ2n) is 26.9. The zero-order valence-electron chi connectivity index (χ0n) is 59.9. The minimum Gasteiger partial charge on any atom is -0.485 e. The van der Waals surface area contributed by atoms with Crippen molar-refractivity contribution in [1.82, 2.24) is 15.6 Å². The number of carbonyl (C=O) groups excluding carboxylic acids is 1. The summed E-state index contributed by atoms with van der Waals surface area (Å²) in [4.78, 5) is 37.6.